The molecule has 1 N–H and O–H groups in total. The minimum atomic E-state index is 0.0581. The molecule has 0 aromatic heterocycles. The van der Waals surface area contributed by atoms with Crippen molar-refractivity contribution in [1.29, 1.82) is 0 Å². The van der Waals surface area contributed by atoms with Crippen LogP contribution in [-0.4, -0.2) is 55.4 Å². The molecule has 1 aromatic rings. The average Bonchev–Trinajstić information content (AvgIpc) is 2.56. The van der Waals surface area contributed by atoms with Crippen LogP contribution in [0.5, 0.6) is 0 Å². The van der Waals surface area contributed by atoms with Crippen molar-refractivity contribution in [1.82, 2.24) is 15.1 Å². The summed E-state index contributed by atoms with van der Waals surface area (Å²) in [6, 6.07) is 10.2. The molecule has 0 aliphatic carbocycles. The van der Waals surface area contributed by atoms with Gasteiger partial charge in [-0.2, -0.15) is 0 Å². The van der Waals surface area contributed by atoms with Crippen LogP contribution in [0, 0.1) is 5.92 Å². The Balaban J connectivity index is 2.02. The molecule has 1 amide bonds. The summed E-state index contributed by atoms with van der Waals surface area (Å²) in [6.45, 7) is 5.20. The molecule has 1 aliphatic heterocycles. The number of piperidine rings is 1. The van der Waals surface area contributed by atoms with Crippen LogP contribution in [0.25, 0.3) is 0 Å². The first-order valence-electron chi connectivity index (χ1n) is 8.33. The molecule has 1 aromatic carbocycles. The third kappa shape index (κ3) is 5.58. The molecule has 1 fully saturated rings. The minimum Gasteiger partial charge on any atom is -0.347 e. The fraction of sp³-hybridized carbons (Fsp3) is 0.556. The minimum absolute atomic E-state index is 0.0581. The molecule has 1 saturated heterocycles. The Morgan fingerprint density at radius 1 is 1.26 bits per heavy atom. The zero-order valence-corrected chi connectivity index (χ0v) is 14.5. The number of nitrogens with one attached hydrogen (secondary N) is 1. The van der Waals surface area contributed by atoms with Crippen LogP contribution in [0.3, 0.4) is 0 Å². The smallest absolute Gasteiger partial charge is 0.241 e. The van der Waals surface area contributed by atoms with Gasteiger partial charge in [-0.05, 0) is 24.3 Å². The summed E-state index contributed by atoms with van der Waals surface area (Å²) >= 11 is 0. The van der Waals surface area contributed by atoms with E-state index < -0.39 is 0 Å². The quantitative estimate of drug-likeness (QED) is 0.682. The van der Waals surface area contributed by atoms with Crippen LogP contribution >= 0.6 is 0 Å². The number of carbonyl (C=O) groups excluding carboxylic acids is 1. The van der Waals surface area contributed by atoms with Crippen molar-refractivity contribution in [3.63, 3.8) is 0 Å². The first-order valence-corrected chi connectivity index (χ1v) is 8.33. The Kier molecular flexibility index (Phi) is 6.44. The molecule has 1 heterocycles. The average molecular weight is 316 g/mol. The Labute approximate surface area is 139 Å². The number of hydrogen-bond donors (Lipinski definition) is 1. The number of aliphatic imine (C=N–C) groups is 1. The van der Waals surface area contributed by atoms with E-state index in [1.807, 2.05) is 18.2 Å². The van der Waals surface area contributed by atoms with Gasteiger partial charge in [-0.15, -0.1) is 0 Å². The van der Waals surface area contributed by atoms with Crippen LogP contribution in [-0.2, 0) is 11.3 Å². The van der Waals surface area contributed by atoms with Gasteiger partial charge in [0, 0.05) is 27.2 Å². The second kappa shape index (κ2) is 8.56. The molecule has 0 bridgehead atoms. The maximum atomic E-state index is 11.8. The van der Waals surface area contributed by atoms with E-state index >= 15 is 0 Å². The summed E-state index contributed by atoms with van der Waals surface area (Å²) in [6.07, 6.45) is 2.35. The molecule has 2 rings (SSSR count). The Morgan fingerprint density at radius 3 is 2.52 bits per heavy atom. The van der Waals surface area contributed by atoms with E-state index in [-0.39, 0.29) is 12.5 Å². The second-order valence-corrected chi connectivity index (χ2v) is 6.44. The van der Waals surface area contributed by atoms with E-state index in [1.54, 1.807) is 19.0 Å². The zero-order chi connectivity index (χ0) is 16.7. The lowest BCUT2D eigenvalue weighted by Gasteiger charge is -2.33. The highest BCUT2D eigenvalue weighted by Gasteiger charge is 2.19. The SMILES string of the molecule is CC1CCN(C(=NCc2ccccc2)NCC(=O)N(C)C)CC1. The number of likely N-dealkylation sites (tertiary alicyclic amines) is 1. The van der Waals surface area contributed by atoms with Gasteiger partial charge in [0.2, 0.25) is 5.91 Å². The largest absolute Gasteiger partial charge is 0.347 e. The molecule has 0 saturated carbocycles. The molecule has 126 valence electrons. The summed E-state index contributed by atoms with van der Waals surface area (Å²) in [5.74, 6) is 1.67. The number of guanidine groups is 1. The molecule has 0 spiro atoms. The van der Waals surface area contributed by atoms with Crippen molar-refractivity contribution >= 4 is 11.9 Å². The third-order valence-electron chi connectivity index (χ3n) is 4.23. The summed E-state index contributed by atoms with van der Waals surface area (Å²) in [4.78, 5) is 20.4. The first-order chi connectivity index (χ1) is 11.1. The van der Waals surface area contributed by atoms with Crippen LogP contribution in [0.15, 0.2) is 35.3 Å². The number of nitrogens with zero attached hydrogens (tertiary/aromatic N) is 3. The number of hydrogen-bond acceptors (Lipinski definition) is 2. The van der Waals surface area contributed by atoms with Gasteiger partial charge in [-0.1, -0.05) is 37.3 Å². The van der Waals surface area contributed by atoms with Crippen molar-refractivity contribution in [3.8, 4) is 0 Å². The predicted molar refractivity (Wildman–Crippen MR) is 94.2 cm³/mol. The second-order valence-electron chi connectivity index (χ2n) is 6.44. The van der Waals surface area contributed by atoms with E-state index in [9.17, 15) is 4.79 Å². The molecule has 0 unspecified atom stereocenters. The lowest BCUT2D eigenvalue weighted by Crippen LogP contribution is -2.48. The third-order valence-corrected chi connectivity index (χ3v) is 4.23. The highest BCUT2D eigenvalue weighted by atomic mass is 16.2. The Hall–Kier alpha value is -2.04. The van der Waals surface area contributed by atoms with E-state index in [4.69, 9.17) is 4.99 Å². The van der Waals surface area contributed by atoms with Crippen LogP contribution in [0.4, 0.5) is 0 Å². The molecule has 5 nitrogen and oxygen atoms in total. The van der Waals surface area contributed by atoms with Gasteiger partial charge in [0.15, 0.2) is 5.96 Å². The van der Waals surface area contributed by atoms with Gasteiger partial charge in [-0.3, -0.25) is 4.79 Å². The number of rotatable bonds is 4. The number of carbonyl (C=O) groups is 1. The highest BCUT2D eigenvalue weighted by molar-refractivity contribution is 5.86. The van der Waals surface area contributed by atoms with Gasteiger partial charge in [0.1, 0.15) is 0 Å². The molecule has 5 heteroatoms. The van der Waals surface area contributed by atoms with Crippen LogP contribution < -0.4 is 5.32 Å². The van der Waals surface area contributed by atoms with Crippen molar-refractivity contribution in [3.05, 3.63) is 35.9 Å². The standard InChI is InChI=1S/C18H28N4O/c1-15-9-11-22(12-10-15)18(20-14-17(23)21(2)3)19-13-16-7-5-4-6-8-16/h4-8,15H,9-14H2,1-3H3,(H,19,20). The maximum Gasteiger partial charge on any atom is 0.241 e. The van der Waals surface area contributed by atoms with Crippen molar-refractivity contribution in [2.75, 3.05) is 33.7 Å². The summed E-state index contributed by atoms with van der Waals surface area (Å²) in [5.41, 5.74) is 1.18. The number of likely N-dealkylation sites (N-methyl/N-ethyl adjacent to an activating group) is 1. The van der Waals surface area contributed by atoms with Gasteiger partial charge in [0.05, 0.1) is 13.1 Å². The van der Waals surface area contributed by atoms with Gasteiger partial charge in [0.25, 0.3) is 0 Å². The van der Waals surface area contributed by atoms with E-state index in [2.05, 4.69) is 29.3 Å². The van der Waals surface area contributed by atoms with E-state index in [0.29, 0.717) is 6.54 Å². The zero-order valence-electron chi connectivity index (χ0n) is 14.5. The Bertz CT molecular complexity index is 519. The lowest BCUT2D eigenvalue weighted by atomic mass is 9.99. The fourth-order valence-corrected chi connectivity index (χ4v) is 2.55. The van der Waals surface area contributed by atoms with Crippen LogP contribution in [0.1, 0.15) is 25.3 Å². The monoisotopic (exact) mass is 316 g/mol. The van der Waals surface area contributed by atoms with E-state index in [1.165, 1.54) is 18.4 Å². The molecule has 0 radical (unpaired) electrons. The van der Waals surface area contributed by atoms with E-state index in [0.717, 1.165) is 25.0 Å². The Morgan fingerprint density at radius 2 is 1.91 bits per heavy atom. The predicted octanol–water partition coefficient (Wildman–Crippen LogP) is 1.95. The topological polar surface area (TPSA) is 47.9 Å². The highest BCUT2D eigenvalue weighted by Crippen LogP contribution is 2.16. The van der Waals surface area contributed by atoms with Gasteiger partial charge >= 0.3 is 0 Å². The van der Waals surface area contributed by atoms with Crippen molar-refractivity contribution in [2.24, 2.45) is 10.9 Å². The number of amides is 1. The lowest BCUT2D eigenvalue weighted by molar-refractivity contribution is -0.127. The normalized spacial score (nSPS) is 16.3. The summed E-state index contributed by atoms with van der Waals surface area (Å²) in [5, 5.41) is 3.24. The fourth-order valence-electron chi connectivity index (χ4n) is 2.55. The molecule has 23 heavy (non-hydrogen) atoms. The molecule has 1 aliphatic rings. The van der Waals surface area contributed by atoms with Crippen LogP contribution in [0.2, 0.25) is 0 Å². The summed E-state index contributed by atoms with van der Waals surface area (Å²) < 4.78 is 0. The number of benzene rings is 1. The van der Waals surface area contributed by atoms with Gasteiger partial charge < -0.3 is 15.1 Å². The maximum absolute atomic E-state index is 11.8. The van der Waals surface area contributed by atoms with Gasteiger partial charge in [-0.25, -0.2) is 4.99 Å². The van der Waals surface area contributed by atoms with Crippen molar-refractivity contribution in [2.45, 2.75) is 26.3 Å². The van der Waals surface area contributed by atoms with Crippen molar-refractivity contribution < 1.29 is 4.79 Å². The molecule has 0 atom stereocenters. The molecular formula is C18H28N4O. The molecular weight excluding hydrogens is 288 g/mol. The first kappa shape index (κ1) is 17.3. The summed E-state index contributed by atoms with van der Waals surface area (Å²) in [7, 11) is 3.54.